The molecule has 7 heteroatoms. The molecule has 5 rings (SSSR count). The topological polar surface area (TPSA) is 59.5 Å². The summed E-state index contributed by atoms with van der Waals surface area (Å²) in [6.45, 7) is 11.5. The van der Waals surface area contributed by atoms with Gasteiger partial charge in [0.25, 0.3) is 5.91 Å². The van der Waals surface area contributed by atoms with Crippen LogP contribution in [0.4, 0.5) is 5.00 Å². The molecule has 5 nitrogen and oxygen atoms in total. The lowest BCUT2D eigenvalue weighted by atomic mass is 9.72. The van der Waals surface area contributed by atoms with E-state index in [1.165, 1.54) is 10.4 Å². The van der Waals surface area contributed by atoms with Gasteiger partial charge in [-0.25, -0.2) is 4.99 Å². The van der Waals surface area contributed by atoms with E-state index < -0.39 is 0 Å². The predicted octanol–water partition coefficient (Wildman–Crippen LogP) is 8.34. The Hall–Kier alpha value is -2.90. The van der Waals surface area contributed by atoms with E-state index >= 15 is 0 Å². The number of aliphatic imine (C=N–C) groups is 1. The summed E-state index contributed by atoms with van der Waals surface area (Å²) in [5, 5.41) is 3.85. The van der Waals surface area contributed by atoms with Crippen LogP contribution in [0.3, 0.4) is 0 Å². The van der Waals surface area contributed by atoms with E-state index in [1.54, 1.807) is 17.6 Å². The molecule has 1 atom stereocenters. The molecule has 1 aliphatic rings. The number of aryl methyl sites for hydroxylation is 1. The van der Waals surface area contributed by atoms with Crippen molar-refractivity contribution in [2.24, 2.45) is 16.3 Å². The van der Waals surface area contributed by atoms with Crippen LogP contribution in [-0.2, 0) is 19.4 Å². The van der Waals surface area contributed by atoms with Gasteiger partial charge < -0.3 is 14.3 Å². The summed E-state index contributed by atoms with van der Waals surface area (Å²) in [4.78, 5) is 19.7. The standard InChI is InChI=1S/C31H34BrN3O2S/c1-19-15-21(20(2)35(19)24-11-9-23(32)10-12-24)17-34-30-28(29(36)33-18-25-7-6-14-37-25)26-13-8-22(31(3,4)5)16-27(26)38-30/h6-7,9-12,14-15,17,22H,8,13,16,18H2,1-5H3,(H,33,36)/t22-/m0/s1. The van der Waals surface area contributed by atoms with Crippen molar-refractivity contribution in [3.63, 3.8) is 0 Å². The van der Waals surface area contributed by atoms with Crippen molar-refractivity contribution in [3.8, 4) is 5.69 Å². The van der Waals surface area contributed by atoms with Gasteiger partial charge >= 0.3 is 0 Å². The highest BCUT2D eigenvalue weighted by Gasteiger charge is 2.33. The van der Waals surface area contributed by atoms with Gasteiger partial charge in [-0.3, -0.25) is 4.79 Å². The minimum Gasteiger partial charge on any atom is -0.467 e. The monoisotopic (exact) mass is 591 g/mol. The van der Waals surface area contributed by atoms with Crippen molar-refractivity contribution >= 4 is 44.4 Å². The average Bonchev–Trinajstić information content (AvgIpc) is 3.59. The summed E-state index contributed by atoms with van der Waals surface area (Å²) in [5.74, 6) is 1.25. The fourth-order valence-corrected chi connectivity index (χ4v) is 6.87. The molecule has 0 saturated carbocycles. The molecule has 0 aliphatic heterocycles. The van der Waals surface area contributed by atoms with E-state index in [0.717, 1.165) is 62.7 Å². The average molecular weight is 593 g/mol. The van der Waals surface area contributed by atoms with Gasteiger partial charge in [0.1, 0.15) is 10.8 Å². The highest BCUT2D eigenvalue weighted by molar-refractivity contribution is 9.10. The van der Waals surface area contributed by atoms with E-state index in [0.29, 0.717) is 12.5 Å². The van der Waals surface area contributed by atoms with Crippen LogP contribution in [0.15, 0.2) is 62.6 Å². The van der Waals surface area contributed by atoms with Gasteiger partial charge in [0.05, 0.1) is 18.4 Å². The number of benzene rings is 1. The zero-order valence-corrected chi connectivity index (χ0v) is 25.0. The first-order chi connectivity index (χ1) is 18.1. The number of thiophene rings is 1. The van der Waals surface area contributed by atoms with E-state index in [2.05, 4.69) is 90.8 Å². The Kier molecular flexibility index (Phi) is 7.51. The first kappa shape index (κ1) is 26.7. The van der Waals surface area contributed by atoms with Crippen LogP contribution in [0.1, 0.15) is 70.7 Å². The van der Waals surface area contributed by atoms with Gasteiger partial charge in [0.15, 0.2) is 0 Å². The van der Waals surface area contributed by atoms with Crippen LogP contribution in [0.25, 0.3) is 5.69 Å². The van der Waals surface area contributed by atoms with Crippen molar-refractivity contribution in [2.45, 2.75) is 60.4 Å². The minimum atomic E-state index is -0.0828. The summed E-state index contributed by atoms with van der Waals surface area (Å²) in [5.41, 5.74) is 6.54. The second-order valence-electron chi connectivity index (χ2n) is 11.1. The summed E-state index contributed by atoms with van der Waals surface area (Å²) in [7, 11) is 0. The number of nitrogens with one attached hydrogen (secondary N) is 1. The zero-order valence-electron chi connectivity index (χ0n) is 22.6. The molecule has 3 heterocycles. The Bertz CT molecular complexity index is 1470. The third-order valence-corrected chi connectivity index (χ3v) is 9.27. The maximum absolute atomic E-state index is 13.5. The maximum atomic E-state index is 13.5. The van der Waals surface area contributed by atoms with Gasteiger partial charge in [-0.2, -0.15) is 0 Å². The number of rotatable bonds is 6. The Morgan fingerprint density at radius 1 is 1.24 bits per heavy atom. The lowest BCUT2D eigenvalue weighted by Gasteiger charge is -2.33. The van der Waals surface area contributed by atoms with Crippen LogP contribution >= 0.6 is 27.3 Å². The molecule has 0 radical (unpaired) electrons. The van der Waals surface area contributed by atoms with E-state index in [1.807, 2.05) is 18.3 Å². The largest absolute Gasteiger partial charge is 0.467 e. The molecule has 0 saturated heterocycles. The second kappa shape index (κ2) is 10.7. The number of halogens is 1. The highest BCUT2D eigenvalue weighted by Crippen LogP contribution is 2.45. The van der Waals surface area contributed by atoms with Crippen LogP contribution in [-0.4, -0.2) is 16.7 Å². The van der Waals surface area contributed by atoms with Crippen molar-refractivity contribution < 1.29 is 9.21 Å². The molecule has 3 aromatic heterocycles. The normalized spacial score (nSPS) is 15.7. The minimum absolute atomic E-state index is 0.0828. The third kappa shape index (κ3) is 5.45. The molecule has 4 aromatic rings. The fourth-order valence-electron chi connectivity index (χ4n) is 5.34. The number of furan rings is 1. The molecular formula is C31H34BrN3O2S. The summed E-state index contributed by atoms with van der Waals surface area (Å²) in [6, 6.07) is 14.2. The maximum Gasteiger partial charge on any atom is 0.255 e. The summed E-state index contributed by atoms with van der Waals surface area (Å²) in [6.07, 6.45) is 6.53. The number of amides is 1. The smallest absolute Gasteiger partial charge is 0.255 e. The molecular weight excluding hydrogens is 558 g/mol. The number of hydrogen-bond acceptors (Lipinski definition) is 4. The number of carbonyl (C=O) groups is 1. The van der Waals surface area contributed by atoms with Gasteiger partial charge in [-0.05, 0) is 92.5 Å². The molecule has 1 amide bonds. The van der Waals surface area contributed by atoms with Crippen LogP contribution in [0.2, 0.25) is 0 Å². The number of carbonyl (C=O) groups excluding carboxylic acids is 1. The molecule has 1 aromatic carbocycles. The fraction of sp³-hybridized carbons (Fsp3) is 0.355. The van der Waals surface area contributed by atoms with Crippen molar-refractivity contribution in [1.29, 1.82) is 0 Å². The van der Waals surface area contributed by atoms with Crippen molar-refractivity contribution in [3.05, 3.63) is 91.9 Å². The molecule has 0 unspecified atom stereocenters. The summed E-state index contributed by atoms with van der Waals surface area (Å²) >= 11 is 5.20. The van der Waals surface area contributed by atoms with Crippen LogP contribution in [0, 0.1) is 25.2 Å². The highest BCUT2D eigenvalue weighted by atomic mass is 79.9. The van der Waals surface area contributed by atoms with Gasteiger partial charge in [-0.1, -0.05) is 36.7 Å². The molecule has 0 fully saturated rings. The number of aromatic nitrogens is 1. The Balaban J connectivity index is 1.48. The quantitative estimate of drug-likeness (QED) is 0.229. The van der Waals surface area contributed by atoms with E-state index in [9.17, 15) is 4.79 Å². The SMILES string of the molecule is Cc1cc(C=Nc2sc3c(c2C(=O)NCc2ccco2)CC[C@H](C(C)(C)C)C3)c(C)n1-c1ccc(Br)cc1. The predicted molar refractivity (Wildman–Crippen MR) is 159 cm³/mol. The Morgan fingerprint density at radius 2 is 2.00 bits per heavy atom. The first-order valence-electron chi connectivity index (χ1n) is 13.1. The summed E-state index contributed by atoms with van der Waals surface area (Å²) < 4.78 is 8.71. The number of fused-ring (bicyclic) bond motifs is 1. The third-order valence-electron chi connectivity index (χ3n) is 7.58. The number of nitrogens with zero attached hydrogens (tertiary/aromatic N) is 2. The van der Waals surface area contributed by atoms with E-state index in [-0.39, 0.29) is 11.3 Å². The first-order valence-corrected chi connectivity index (χ1v) is 14.7. The van der Waals surface area contributed by atoms with Gasteiger partial charge in [-0.15, -0.1) is 11.3 Å². The van der Waals surface area contributed by atoms with E-state index in [4.69, 9.17) is 9.41 Å². The van der Waals surface area contributed by atoms with Crippen LogP contribution < -0.4 is 5.32 Å². The van der Waals surface area contributed by atoms with Gasteiger partial charge in [0, 0.05) is 38.2 Å². The zero-order chi connectivity index (χ0) is 27.0. The van der Waals surface area contributed by atoms with Gasteiger partial charge in [0.2, 0.25) is 0 Å². The Labute approximate surface area is 237 Å². The van der Waals surface area contributed by atoms with Crippen molar-refractivity contribution in [2.75, 3.05) is 0 Å². The molecule has 0 bridgehead atoms. The Morgan fingerprint density at radius 3 is 2.68 bits per heavy atom. The molecule has 38 heavy (non-hydrogen) atoms. The molecule has 0 spiro atoms. The molecule has 198 valence electrons. The van der Waals surface area contributed by atoms with Crippen molar-refractivity contribution in [1.82, 2.24) is 9.88 Å². The lowest BCUT2D eigenvalue weighted by molar-refractivity contribution is 0.0947. The number of hydrogen-bond donors (Lipinski definition) is 1. The molecule has 1 aliphatic carbocycles. The van der Waals surface area contributed by atoms with Crippen LogP contribution in [0.5, 0.6) is 0 Å². The lowest BCUT2D eigenvalue weighted by Crippen LogP contribution is -2.28. The molecule has 1 N–H and O–H groups in total. The second-order valence-corrected chi connectivity index (χ2v) is 13.1.